The molecule has 0 radical (unpaired) electrons. The molecule has 2 N–H and O–H groups in total. The van der Waals surface area contributed by atoms with Crippen molar-refractivity contribution >= 4 is 15.7 Å². The van der Waals surface area contributed by atoms with E-state index in [0.717, 1.165) is 37.9 Å². The van der Waals surface area contributed by atoms with Crippen LogP contribution in [-0.2, 0) is 16.6 Å². The largest absolute Gasteiger partial charge is 0.313 e. The lowest BCUT2D eigenvalue weighted by molar-refractivity contribution is 0.600. The fourth-order valence-corrected chi connectivity index (χ4v) is 3.11. The highest BCUT2D eigenvalue weighted by Crippen LogP contribution is 2.29. The van der Waals surface area contributed by atoms with Crippen LogP contribution >= 0.6 is 0 Å². The van der Waals surface area contributed by atoms with Crippen molar-refractivity contribution in [2.45, 2.75) is 38.0 Å². The Kier molecular flexibility index (Phi) is 4.24. The summed E-state index contributed by atoms with van der Waals surface area (Å²) in [7, 11) is -3.14. The van der Waals surface area contributed by atoms with Gasteiger partial charge in [-0.05, 0) is 43.5 Å². The van der Waals surface area contributed by atoms with Crippen LogP contribution in [0.1, 0.15) is 31.7 Å². The Morgan fingerprint density at radius 3 is 2.44 bits per heavy atom. The second-order valence-electron chi connectivity index (χ2n) is 4.72. The van der Waals surface area contributed by atoms with Crippen molar-refractivity contribution in [2.24, 2.45) is 0 Å². The van der Waals surface area contributed by atoms with Crippen LogP contribution in [-0.4, -0.2) is 20.2 Å². The van der Waals surface area contributed by atoms with Gasteiger partial charge in [0, 0.05) is 12.2 Å². The van der Waals surface area contributed by atoms with Crippen molar-refractivity contribution in [2.75, 3.05) is 11.3 Å². The summed E-state index contributed by atoms with van der Waals surface area (Å²) in [5, 5.41) is 3.13. The van der Waals surface area contributed by atoms with Crippen LogP contribution in [0.5, 0.6) is 0 Å². The first-order valence-electron chi connectivity index (χ1n) is 6.43. The van der Waals surface area contributed by atoms with Crippen molar-refractivity contribution in [3.8, 4) is 0 Å². The maximum atomic E-state index is 11.7. The quantitative estimate of drug-likeness (QED) is 0.744. The summed E-state index contributed by atoms with van der Waals surface area (Å²) in [6.45, 7) is 3.95. The standard InChI is InChI=1S/C13H20N2O2S/c1-2-9-14-10-11-3-5-12(6-4-11)15-18(16,17)13-7-8-13/h3-6,13-15H,2,7-10H2,1H3. The van der Waals surface area contributed by atoms with E-state index in [1.807, 2.05) is 24.3 Å². The van der Waals surface area contributed by atoms with E-state index in [1.54, 1.807) is 0 Å². The molecule has 4 nitrogen and oxygen atoms in total. The van der Waals surface area contributed by atoms with Crippen molar-refractivity contribution < 1.29 is 8.42 Å². The molecule has 0 atom stereocenters. The SMILES string of the molecule is CCCNCc1ccc(NS(=O)(=O)C2CC2)cc1. The van der Waals surface area contributed by atoms with Crippen LogP contribution in [0.4, 0.5) is 5.69 Å². The van der Waals surface area contributed by atoms with E-state index in [9.17, 15) is 8.42 Å². The number of hydrogen-bond donors (Lipinski definition) is 2. The Morgan fingerprint density at radius 2 is 1.89 bits per heavy atom. The number of anilines is 1. The number of sulfonamides is 1. The highest BCUT2D eigenvalue weighted by molar-refractivity contribution is 7.93. The first-order chi connectivity index (χ1) is 8.62. The summed E-state index contributed by atoms with van der Waals surface area (Å²) in [6, 6.07) is 7.55. The van der Waals surface area contributed by atoms with Gasteiger partial charge in [-0.1, -0.05) is 19.1 Å². The molecule has 1 fully saturated rings. The number of nitrogens with one attached hydrogen (secondary N) is 2. The van der Waals surface area contributed by atoms with E-state index in [4.69, 9.17) is 0 Å². The van der Waals surface area contributed by atoms with Crippen LogP contribution in [0.25, 0.3) is 0 Å². The molecule has 1 aromatic carbocycles. The summed E-state index contributed by atoms with van der Waals surface area (Å²) in [5.41, 5.74) is 1.82. The summed E-state index contributed by atoms with van der Waals surface area (Å²) in [5.74, 6) is 0. The van der Waals surface area contributed by atoms with E-state index >= 15 is 0 Å². The Hall–Kier alpha value is -1.07. The number of benzene rings is 1. The summed E-state index contributed by atoms with van der Waals surface area (Å²) in [6.07, 6.45) is 2.68. The molecule has 0 aromatic heterocycles. The van der Waals surface area contributed by atoms with Gasteiger partial charge in [0.15, 0.2) is 0 Å². The lowest BCUT2D eigenvalue weighted by Gasteiger charge is -2.08. The average Bonchev–Trinajstić information content (AvgIpc) is 3.15. The number of rotatable bonds is 7. The molecule has 1 aromatic rings. The summed E-state index contributed by atoms with van der Waals surface area (Å²) in [4.78, 5) is 0. The normalized spacial score (nSPS) is 15.6. The van der Waals surface area contributed by atoms with Gasteiger partial charge in [-0.3, -0.25) is 4.72 Å². The minimum atomic E-state index is -3.14. The van der Waals surface area contributed by atoms with Crippen molar-refractivity contribution in [1.82, 2.24) is 5.32 Å². The lowest BCUT2D eigenvalue weighted by Crippen LogP contribution is -2.17. The minimum Gasteiger partial charge on any atom is -0.313 e. The first-order valence-corrected chi connectivity index (χ1v) is 7.98. The Labute approximate surface area is 109 Å². The van der Waals surface area contributed by atoms with Gasteiger partial charge in [0.2, 0.25) is 10.0 Å². The highest BCUT2D eigenvalue weighted by Gasteiger charge is 2.35. The molecule has 1 aliphatic rings. The molecule has 5 heteroatoms. The highest BCUT2D eigenvalue weighted by atomic mass is 32.2. The lowest BCUT2D eigenvalue weighted by atomic mass is 10.2. The molecule has 0 amide bonds. The molecule has 1 aliphatic carbocycles. The van der Waals surface area contributed by atoms with Gasteiger partial charge < -0.3 is 5.32 Å². The Morgan fingerprint density at radius 1 is 1.22 bits per heavy atom. The molecular weight excluding hydrogens is 248 g/mol. The van der Waals surface area contributed by atoms with E-state index in [-0.39, 0.29) is 5.25 Å². The van der Waals surface area contributed by atoms with E-state index in [0.29, 0.717) is 5.69 Å². The van der Waals surface area contributed by atoms with Gasteiger partial charge in [0.05, 0.1) is 5.25 Å². The predicted molar refractivity (Wildman–Crippen MR) is 74.0 cm³/mol. The topological polar surface area (TPSA) is 58.2 Å². The second kappa shape index (κ2) is 5.71. The molecule has 0 heterocycles. The molecular formula is C13H20N2O2S. The fourth-order valence-electron chi connectivity index (χ4n) is 1.73. The number of hydrogen-bond acceptors (Lipinski definition) is 3. The zero-order valence-electron chi connectivity index (χ0n) is 10.6. The molecule has 0 unspecified atom stereocenters. The molecule has 0 saturated heterocycles. The first kappa shape index (κ1) is 13.4. The third-order valence-corrected chi connectivity index (χ3v) is 4.80. The monoisotopic (exact) mass is 268 g/mol. The van der Waals surface area contributed by atoms with Gasteiger partial charge in [-0.2, -0.15) is 0 Å². The minimum absolute atomic E-state index is 0.177. The maximum Gasteiger partial charge on any atom is 0.235 e. The predicted octanol–water partition coefficient (Wildman–Crippen LogP) is 2.09. The van der Waals surface area contributed by atoms with E-state index < -0.39 is 10.0 Å². The smallest absolute Gasteiger partial charge is 0.235 e. The van der Waals surface area contributed by atoms with Crippen LogP contribution in [0.2, 0.25) is 0 Å². The summed E-state index contributed by atoms with van der Waals surface area (Å²) < 4.78 is 26.1. The second-order valence-corrected chi connectivity index (χ2v) is 6.68. The van der Waals surface area contributed by atoms with Crippen LogP contribution in [0.3, 0.4) is 0 Å². The molecule has 100 valence electrons. The maximum absolute atomic E-state index is 11.7. The zero-order chi connectivity index (χ0) is 13.0. The molecule has 2 rings (SSSR count). The van der Waals surface area contributed by atoms with Gasteiger partial charge in [-0.25, -0.2) is 8.42 Å². The van der Waals surface area contributed by atoms with Crippen LogP contribution < -0.4 is 10.0 Å². The third kappa shape index (κ3) is 3.71. The van der Waals surface area contributed by atoms with Gasteiger partial charge >= 0.3 is 0 Å². The fraction of sp³-hybridized carbons (Fsp3) is 0.538. The molecule has 1 saturated carbocycles. The van der Waals surface area contributed by atoms with Crippen molar-refractivity contribution in [1.29, 1.82) is 0 Å². The van der Waals surface area contributed by atoms with Gasteiger partial charge in [0.1, 0.15) is 0 Å². The molecule has 0 spiro atoms. The Balaban J connectivity index is 1.91. The van der Waals surface area contributed by atoms with E-state index in [2.05, 4.69) is 17.0 Å². The van der Waals surface area contributed by atoms with Gasteiger partial charge in [0.25, 0.3) is 0 Å². The van der Waals surface area contributed by atoms with Crippen LogP contribution in [0, 0.1) is 0 Å². The van der Waals surface area contributed by atoms with Crippen molar-refractivity contribution in [3.63, 3.8) is 0 Å². The summed E-state index contributed by atoms with van der Waals surface area (Å²) >= 11 is 0. The molecule has 0 bridgehead atoms. The van der Waals surface area contributed by atoms with Crippen molar-refractivity contribution in [3.05, 3.63) is 29.8 Å². The Bertz CT molecular complexity index is 478. The van der Waals surface area contributed by atoms with Crippen LogP contribution in [0.15, 0.2) is 24.3 Å². The van der Waals surface area contributed by atoms with Gasteiger partial charge in [-0.15, -0.1) is 0 Å². The zero-order valence-corrected chi connectivity index (χ0v) is 11.5. The van der Waals surface area contributed by atoms with E-state index in [1.165, 1.54) is 0 Å². The third-order valence-electron chi connectivity index (χ3n) is 2.93. The molecule has 18 heavy (non-hydrogen) atoms. The average molecular weight is 268 g/mol. The molecule has 0 aliphatic heterocycles.